The number of furan rings is 1. The fraction of sp³-hybridized carbons (Fsp3) is 0.0182. The lowest BCUT2D eigenvalue weighted by molar-refractivity contribution is 0.670. The molecule has 0 fully saturated rings. The predicted octanol–water partition coefficient (Wildman–Crippen LogP) is 15.5. The molecule has 0 amide bonds. The van der Waals surface area contributed by atoms with Gasteiger partial charge in [0, 0.05) is 49.6 Å². The number of aryl methyl sites for hydroxylation is 1. The Morgan fingerprint density at radius 2 is 1.03 bits per heavy atom. The van der Waals surface area contributed by atoms with Gasteiger partial charge in [0.25, 0.3) is 0 Å². The highest BCUT2D eigenvalue weighted by Gasteiger charge is 2.24. The minimum Gasteiger partial charge on any atom is -0.455 e. The Kier molecular flexibility index (Phi) is 8.04. The van der Waals surface area contributed by atoms with Crippen molar-refractivity contribution in [2.75, 3.05) is 4.90 Å². The van der Waals surface area contributed by atoms with Crippen molar-refractivity contribution < 1.29 is 4.42 Å². The highest BCUT2D eigenvalue weighted by atomic mass is 16.3. The highest BCUT2D eigenvalue weighted by Crippen LogP contribution is 2.48. The fourth-order valence-corrected chi connectivity index (χ4v) is 8.80. The van der Waals surface area contributed by atoms with E-state index in [1.54, 1.807) is 0 Å². The summed E-state index contributed by atoms with van der Waals surface area (Å²) in [5.74, 6) is 0. The Morgan fingerprint density at radius 3 is 1.78 bits per heavy atom. The molecule has 0 saturated carbocycles. The molecule has 11 rings (SSSR count). The van der Waals surface area contributed by atoms with E-state index in [0.717, 1.165) is 66.9 Å². The van der Waals surface area contributed by atoms with Gasteiger partial charge >= 0.3 is 0 Å². The Hall–Kier alpha value is -7.62. The average Bonchev–Trinajstić information content (AvgIpc) is 3.83. The molecule has 11 aromatic rings. The molecule has 0 saturated heterocycles. The van der Waals surface area contributed by atoms with E-state index in [4.69, 9.17) is 4.42 Å². The first-order valence-electron chi connectivity index (χ1n) is 19.8. The van der Waals surface area contributed by atoms with Crippen LogP contribution >= 0.6 is 0 Å². The SMILES string of the molecule is Cc1cccc(N(c2cc(-c3ccccc3-n3c4ccccc4c4ccccc43)c3oc4ccccc4c3c2)c2ccc(-c3ccccc3)cc2-c2ccccc2)c1. The number of hydrogen-bond acceptors (Lipinski definition) is 2. The number of fused-ring (bicyclic) bond motifs is 6. The normalized spacial score (nSPS) is 11.5. The molecule has 3 nitrogen and oxygen atoms in total. The van der Waals surface area contributed by atoms with Gasteiger partial charge in [-0.2, -0.15) is 0 Å². The molecule has 0 radical (unpaired) electrons. The zero-order valence-corrected chi connectivity index (χ0v) is 32.0. The van der Waals surface area contributed by atoms with E-state index in [1.165, 1.54) is 38.5 Å². The van der Waals surface area contributed by atoms with Gasteiger partial charge in [0.05, 0.1) is 22.4 Å². The maximum absolute atomic E-state index is 6.88. The van der Waals surface area contributed by atoms with Crippen molar-refractivity contribution in [1.82, 2.24) is 4.57 Å². The molecule has 3 heteroatoms. The third-order valence-corrected chi connectivity index (χ3v) is 11.4. The van der Waals surface area contributed by atoms with Crippen molar-refractivity contribution in [2.24, 2.45) is 0 Å². The molecule has 0 aliphatic carbocycles. The van der Waals surface area contributed by atoms with Crippen LogP contribution in [0.4, 0.5) is 17.1 Å². The van der Waals surface area contributed by atoms with Gasteiger partial charge in [-0.25, -0.2) is 0 Å². The van der Waals surface area contributed by atoms with E-state index >= 15 is 0 Å². The quantitative estimate of drug-likeness (QED) is 0.162. The second-order valence-corrected chi connectivity index (χ2v) is 15.0. The summed E-state index contributed by atoms with van der Waals surface area (Å²) >= 11 is 0. The Labute approximate surface area is 337 Å². The predicted molar refractivity (Wildman–Crippen MR) is 244 cm³/mol. The van der Waals surface area contributed by atoms with E-state index in [-0.39, 0.29) is 0 Å². The smallest absolute Gasteiger partial charge is 0.143 e. The van der Waals surface area contributed by atoms with Gasteiger partial charge in [-0.3, -0.25) is 0 Å². The standard InChI is InChI=1S/C55H38N2O/c1-37-17-16-22-41(33-37)56(53-32-31-40(38-18-4-2-5-19-38)34-47(53)39-20-6-3-7-21-39)42-35-48(55-49(36-42)46-26-11-15-30-54(46)58-55)45-25-10-14-29-52(45)57-50-27-12-8-23-43(50)44-24-9-13-28-51(44)57/h2-36H,1H3. The van der Waals surface area contributed by atoms with Crippen LogP contribution in [0, 0.1) is 6.92 Å². The first-order chi connectivity index (χ1) is 28.7. The second kappa shape index (κ2) is 13.8. The summed E-state index contributed by atoms with van der Waals surface area (Å²) < 4.78 is 9.29. The molecular weight excluding hydrogens is 705 g/mol. The summed E-state index contributed by atoms with van der Waals surface area (Å²) in [4.78, 5) is 2.43. The molecule has 2 heterocycles. The lowest BCUT2D eigenvalue weighted by Crippen LogP contribution is -2.12. The Balaban J connectivity index is 1.22. The number of aromatic nitrogens is 1. The molecule has 0 aliphatic rings. The van der Waals surface area contributed by atoms with E-state index in [2.05, 4.69) is 229 Å². The minimum absolute atomic E-state index is 0.865. The van der Waals surface area contributed by atoms with Crippen LogP contribution < -0.4 is 4.90 Å². The van der Waals surface area contributed by atoms with Crippen molar-refractivity contribution in [3.8, 4) is 39.1 Å². The summed E-state index contributed by atoms with van der Waals surface area (Å²) in [6.45, 7) is 2.17. The van der Waals surface area contributed by atoms with Crippen LogP contribution in [0.25, 0.3) is 82.8 Å². The van der Waals surface area contributed by atoms with Crippen LogP contribution in [-0.2, 0) is 0 Å². The molecule has 9 aromatic carbocycles. The van der Waals surface area contributed by atoms with Gasteiger partial charge < -0.3 is 13.9 Å². The van der Waals surface area contributed by atoms with Crippen LogP contribution in [0.3, 0.4) is 0 Å². The molecule has 0 N–H and O–H groups in total. The van der Waals surface area contributed by atoms with Gasteiger partial charge in [-0.15, -0.1) is 0 Å². The Morgan fingerprint density at radius 1 is 0.397 bits per heavy atom. The summed E-state index contributed by atoms with van der Waals surface area (Å²) in [5, 5.41) is 4.61. The average molecular weight is 743 g/mol. The minimum atomic E-state index is 0.865. The van der Waals surface area contributed by atoms with E-state index < -0.39 is 0 Å². The molecule has 0 atom stereocenters. The molecule has 0 aliphatic heterocycles. The van der Waals surface area contributed by atoms with Gasteiger partial charge in [0.2, 0.25) is 0 Å². The maximum atomic E-state index is 6.88. The molecule has 274 valence electrons. The summed E-state index contributed by atoms with van der Waals surface area (Å²) in [6.07, 6.45) is 0. The number of hydrogen-bond donors (Lipinski definition) is 0. The van der Waals surface area contributed by atoms with Crippen molar-refractivity contribution in [3.63, 3.8) is 0 Å². The zero-order valence-electron chi connectivity index (χ0n) is 32.0. The topological polar surface area (TPSA) is 21.3 Å². The zero-order chi connectivity index (χ0) is 38.6. The molecule has 0 spiro atoms. The molecule has 0 bridgehead atoms. The first kappa shape index (κ1) is 33.7. The van der Waals surface area contributed by atoms with Crippen LogP contribution in [0.2, 0.25) is 0 Å². The van der Waals surface area contributed by atoms with Crippen LogP contribution in [0.1, 0.15) is 5.56 Å². The third-order valence-electron chi connectivity index (χ3n) is 11.4. The highest BCUT2D eigenvalue weighted by molar-refractivity contribution is 6.14. The number of nitrogens with zero attached hydrogens (tertiary/aromatic N) is 2. The lowest BCUT2D eigenvalue weighted by Gasteiger charge is -2.29. The van der Waals surface area contributed by atoms with E-state index in [1.807, 2.05) is 0 Å². The van der Waals surface area contributed by atoms with Crippen molar-refractivity contribution in [3.05, 3.63) is 218 Å². The van der Waals surface area contributed by atoms with Crippen LogP contribution in [0.15, 0.2) is 217 Å². The summed E-state index contributed by atoms with van der Waals surface area (Å²) in [6, 6.07) is 76.3. The summed E-state index contributed by atoms with van der Waals surface area (Å²) in [7, 11) is 0. The van der Waals surface area contributed by atoms with Gasteiger partial charge in [0.1, 0.15) is 11.2 Å². The van der Waals surface area contributed by atoms with Crippen molar-refractivity contribution >= 4 is 60.8 Å². The summed E-state index contributed by atoms with van der Waals surface area (Å²) in [5.41, 5.74) is 16.3. The second-order valence-electron chi connectivity index (χ2n) is 15.0. The number of anilines is 3. The lowest BCUT2D eigenvalue weighted by atomic mass is 9.95. The van der Waals surface area contributed by atoms with Crippen molar-refractivity contribution in [2.45, 2.75) is 6.92 Å². The number of rotatable bonds is 7. The van der Waals surface area contributed by atoms with Gasteiger partial charge in [-0.1, -0.05) is 152 Å². The van der Waals surface area contributed by atoms with E-state index in [9.17, 15) is 0 Å². The van der Waals surface area contributed by atoms with Crippen LogP contribution in [0.5, 0.6) is 0 Å². The molecule has 2 aromatic heterocycles. The number of benzene rings is 9. The molecular formula is C55H38N2O. The van der Waals surface area contributed by atoms with E-state index in [0.29, 0.717) is 0 Å². The van der Waals surface area contributed by atoms with Crippen LogP contribution in [-0.4, -0.2) is 4.57 Å². The maximum Gasteiger partial charge on any atom is 0.143 e. The monoisotopic (exact) mass is 742 g/mol. The number of para-hydroxylation sites is 4. The largest absolute Gasteiger partial charge is 0.455 e. The fourth-order valence-electron chi connectivity index (χ4n) is 8.80. The third kappa shape index (κ3) is 5.59. The molecule has 0 unspecified atom stereocenters. The van der Waals surface area contributed by atoms with Gasteiger partial charge in [-0.05, 0) is 89.8 Å². The van der Waals surface area contributed by atoms with Crippen molar-refractivity contribution in [1.29, 1.82) is 0 Å². The molecule has 58 heavy (non-hydrogen) atoms. The van der Waals surface area contributed by atoms with Gasteiger partial charge in [0.15, 0.2) is 0 Å². The first-order valence-corrected chi connectivity index (χ1v) is 19.8. The Bertz CT molecular complexity index is 3250.